The summed E-state index contributed by atoms with van der Waals surface area (Å²) in [6.07, 6.45) is 5.14. The number of aryl methyl sites for hydroxylation is 1. The van der Waals surface area contributed by atoms with Crippen molar-refractivity contribution in [3.63, 3.8) is 0 Å². The molecule has 0 unspecified atom stereocenters. The van der Waals surface area contributed by atoms with Crippen LogP contribution in [0.4, 0.5) is 0 Å². The van der Waals surface area contributed by atoms with Gasteiger partial charge >= 0.3 is 0 Å². The number of piperidine rings is 1. The van der Waals surface area contributed by atoms with Gasteiger partial charge in [-0.3, -0.25) is 4.90 Å². The van der Waals surface area contributed by atoms with E-state index in [4.69, 9.17) is 0 Å². The van der Waals surface area contributed by atoms with Gasteiger partial charge < -0.3 is 4.40 Å². The van der Waals surface area contributed by atoms with E-state index >= 15 is 0 Å². The maximum absolute atomic E-state index is 11.9. The third-order valence-electron chi connectivity index (χ3n) is 4.90. The molecule has 0 radical (unpaired) electrons. The van der Waals surface area contributed by atoms with Crippen molar-refractivity contribution >= 4 is 15.7 Å². The van der Waals surface area contributed by atoms with Crippen LogP contribution in [-0.4, -0.2) is 58.9 Å². The van der Waals surface area contributed by atoms with E-state index < -0.39 is 10.0 Å². The van der Waals surface area contributed by atoms with Crippen LogP contribution in [0.2, 0.25) is 0 Å². The zero-order valence-corrected chi connectivity index (χ0v) is 15.5. The van der Waals surface area contributed by atoms with Gasteiger partial charge in [0.1, 0.15) is 5.65 Å². The predicted molar refractivity (Wildman–Crippen MR) is 95.5 cm³/mol. The molecule has 1 aliphatic heterocycles. The molecule has 7 heteroatoms. The van der Waals surface area contributed by atoms with Crippen LogP contribution in [0.3, 0.4) is 0 Å². The van der Waals surface area contributed by atoms with E-state index in [1.54, 1.807) is 4.31 Å². The fraction of sp³-hybridized carbons (Fsp3) is 0.588. The van der Waals surface area contributed by atoms with Crippen molar-refractivity contribution in [1.82, 2.24) is 18.6 Å². The van der Waals surface area contributed by atoms with Crippen molar-refractivity contribution in [3.8, 4) is 0 Å². The molecule has 0 aliphatic carbocycles. The molecule has 3 rings (SSSR count). The lowest BCUT2D eigenvalue weighted by molar-refractivity contribution is 0.154. The van der Waals surface area contributed by atoms with E-state index in [9.17, 15) is 8.42 Å². The first-order valence-corrected chi connectivity index (χ1v) is 10.4. The molecule has 6 nitrogen and oxygen atoms in total. The number of rotatable bonds is 5. The number of hydrogen-bond donors (Lipinski definition) is 0. The van der Waals surface area contributed by atoms with Crippen molar-refractivity contribution in [3.05, 3.63) is 35.8 Å². The standard InChI is InChI=1S/C17H26N4O2S/c1-4-21(24(3,22)23)15-8-11-19(12-9-15)13-16-14(2)18-17-7-5-6-10-20(16)17/h5-7,10,15H,4,8-9,11-13H2,1-3H3. The number of hydrogen-bond acceptors (Lipinski definition) is 4. The van der Waals surface area contributed by atoms with E-state index in [0.29, 0.717) is 6.54 Å². The third kappa shape index (κ3) is 3.48. The lowest BCUT2D eigenvalue weighted by Crippen LogP contribution is -2.46. The van der Waals surface area contributed by atoms with Gasteiger partial charge in [0, 0.05) is 38.4 Å². The number of nitrogens with zero attached hydrogens (tertiary/aromatic N) is 4. The molecule has 2 aromatic heterocycles. The Morgan fingerprint density at radius 1 is 1.29 bits per heavy atom. The predicted octanol–water partition coefficient (Wildman–Crippen LogP) is 1.89. The summed E-state index contributed by atoms with van der Waals surface area (Å²) >= 11 is 0. The summed E-state index contributed by atoms with van der Waals surface area (Å²) in [6, 6.07) is 6.18. The Kier molecular flexibility index (Phi) is 4.94. The SMILES string of the molecule is CCN(C1CCN(Cc2c(C)nc3ccccn23)CC1)S(C)(=O)=O. The van der Waals surface area contributed by atoms with Crippen molar-refractivity contribution in [2.24, 2.45) is 0 Å². The second kappa shape index (κ2) is 6.82. The van der Waals surface area contributed by atoms with Crippen molar-refractivity contribution in [1.29, 1.82) is 0 Å². The van der Waals surface area contributed by atoms with Crippen LogP contribution in [0.25, 0.3) is 5.65 Å². The quantitative estimate of drug-likeness (QED) is 0.826. The molecule has 0 saturated carbocycles. The normalized spacial score (nSPS) is 17.8. The van der Waals surface area contributed by atoms with Crippen LogP contribution in [0, 0.1) is 6.92 Å². The summed E-state index contributed by atoms with van der Waals surface area (Å²) in [4.78, 5) is 7.01. The zero-order valence-electron chi connectivity index (χ0n) is 14.6. The van der Waals surface area contributed by atoms with Gasteiger partial charge in [-0.05, 0) is 31.9 Å². The summed E-state index contributed by atoms with van der Waals surface area (Å²) in [5.41, 5.74) is 3.27. The van der Waals surface area contributed by atoms with Gasteiger partial charge in [-0.2, -0.15) is 4.31 Å². The molecule has 3 heterocycles. The summed E-state index contributed by atoms with van der Waals surface area (Å²) in [7, 11) is -3.12. The van der Waals surface area contributed by atoms with E-state index in [-0.39, 0.29) is 6.04 Å². The van der Waals surface area contributed by atoms with E-state index in [0.717, 1.165) is 43.8 Å². The van der Waals surface area contributed by atoms with Crippen LogP contribution in [0.5, 0.6) is 0 Å². The number of sulfonamides is 1. The number of fused-ring (bicyclic) bond motifs is 1. The van der Waals surface area contributed by atoms with Gasteiger partial charge in [0.15, 0.2) is 0 Å². The number of imidazole rings is 1. The molecular weight excluding hydrogens is 324 g/mol. The maximum atomic E-state index is 11.9. The molecule has 0 aromatic carbocycles. The van der Waals surface area contributed by atoms with Crippen molar-refractivity contribution in [2.45, 2.75) is 39.3 Å². The highest BCUT2D eigenvalue weighted by Crippen LogP contribution is 2.21. The van der Waals surface area contributed by atoms with Gasteiger partial charge in [-0.25, -0.2) is 13.4 Å². The molecule has 1 fully saturated rings. The minimum Gasteiger partial charge on any atom is -0.302 e. The molecular formula is C17H26N4O2S. The third-order valence-corrected chi connectivity index (χ3v) is 6.31. The molecule has 1 aliphatic rings. The average molecular weight is 350 g/mol. The smallest absolute Gasteiger partial charge is 0.211 e. The summed E-state index contributed by atoms with van der Waals surface area (Å²) in [5, 5.41) is 0. The summed E-state index contributed by atoms with van der Waals surface area (Å²) in [5.74, 6) is 0. The van der Waals surface area contributed by atoms with E-state index in [1.807, 2.05) is 25.1 Å². The van der Waals surface area contributed by atoms with E-state index in [1.165, 1.54) is 11.9 Å². The van der Waals surface area contributed by atoms with Gasteiger partial charge in [0.05, 0.1) is 17.6 Å². The van der Waals surface area contributed by atoms with E-state index in [2.05, 4.69) is 27.4 Å². The molecule has 0 atom stereocenters. The highest BCUT2D eigenvalue weighted by atomic mass is 32.2. The van der Waals surface area contributed by atoms with Gasteiger partial charge in [0.2, 0.25) is 10.0 Å². The summed E-state index contributed by atoms with van der Waals surface area (Å²) < 4.78 is 27.6. The second-order valence-corrected chi connectivity index (χ2v) is 8.48. The van der Waals surface area contributed by atoms with Gasteiger partial charge in [0.25, 0.3) is 0 Å². The van der Waals surface area contributed by atoms with Crippen LogP contribution >= 0.6 is 0 Å². The fourth-order valence-corrected chi connectivity index (χ4v) is 4.92. The van der Waals surface area contributed by atoms with Crippen LogP contribution in [0.1, 0.15) is 31.2 Å². The minimum absolute atomic E-state index is 0.129. The number of aromatic nitrogens is 2. The van der Waals surface area contributed by atoms with Gasteiger partial charge in [-0.1, -0.05) is 13.0 Å². The highest BCUT2D eigenvalue weighted by molar-refractivity contribution is 7.88. The second-order valence-electron chi connectivity index (χ2n) is 6.55. The Hall–Kier alpha value is -1.44. The van der Waals surface area contributed by atoms with Crippen molar-refractivity contribution < 1.29 is 8.42 Å². The first kappa shape index (κ1) is 17.4. The lowest BCUT2D eigenvalue weighted by Gasteiger charge is -2.36. The zero-order chi connectivity index (χ0) is 17.3. The molecule has 2 aromatic rings. The molecule has 0 N–H and O–H groups in total. The molecule has 1 saturated heterocycles. The number of likely N-dealkylation sites (tertiary alicyclic amines) is 1. The fourth-order valence-electron chi connectivity index (χ4n) is 3.70. The Labute approximate surface area is 144 Å². The Morgan fingerprint density at radius 2 is 2.00 bits per heavy atom. The van der Waals surface area contributed by atoms with Crippen molar-refractivity contribution in [2.75, 3.05) is 25.9 Å². The first-order valence-electron chi connectivity index (χ1n) is 8.52. The average Bonchev–Trinajstić information content (AvgIpc) is 2.84. The van der Waals surface area contributed by atoms with Crippen LogP contribution in [-0.2, 0) is 16.6 Å². The van der Waals surface area contributed by atoms with Gasteiger partial charge in [-0.15, -0.1) is 0 Å². The lowest BCUT2D eigenvalue weighted by atomic mass is 10.0. The first-order chi connectivity index (χ1) is 11.4. The monoisotopic (exact) mass is 350 g/mol. The topological polar surface area (TPSA) is 57.9 Å². The Morgan fingerprint density at radius 3 is 2.62 bits per heavy atom. The Bertz CT molecular complexity index is 807. The minimum atomic E-state index is -3.12. The molecule has 0 amide bonds. The molecule has 24 heavy (non-hydrogen) atoms. The van der Waals surface area contributed by atoms with Crippen LogP contribution in [0.15, 0.2) is 24.4 Å². The number of pyridine rings is 1. The Balaban J connectivity index is 1.68. The van der Waals surface area contributed by atoms with Crippen LogP contribution < -0.4 is 0 Å². The molecule has 132 valence electrons. The largest absolute Gasteiger partial charge is 0.302 e. The maximum Gasteiger partial charge on any atom is 0.211 e. The molecule has 0 spiro atoms. The summed E-state index contributed by atoms with van der Waals surface area (Å²) in [6.45, 7) is 7.20. The highest BCUT2D eigenvalue weighted by Gasteiger charge is 2.29. The molecule has 0 bridgehead atoms.